The Morgan fingerprint density at radius 2 is 1.79 bits per heavy atom. The van der Waals surface area contributed by atoms with Gasteiger partial charge in [0.25, 0.3) is 5.91 Å². The third-order valence-corrected chi connectivity index (χ3v) is 4.90. The van der Waals surface area contributed by atoms with Crippen LogP contribution >= 0.6 is 0 Å². The first-order chi connectivity index (χ1) is 14.1. The van der Waals surface area contributed by atoms with Crippen LogP contribution in [0.4, 0.5) is 0 Å². The quantitative estimate of drug-likeness (QED) is 0.593. The number of hydrogen-bond acceptors (Lipinski definition) is 4. The van der Waals surface area contributed by atoms with E-state index in [1.165, 1.54) is 0 Å². The van der Waals surface area contributed by atoms with E-state index >= 15 is 0 Å². The predicted octanol–water partition coefficient (Wildman–Crippen LogP) is 4.05. The summed E-state index contributed by atoms with van der Waals surface area (Å²) >= 11 is 0. The van der Waals surface area contributed by atoms with Crippen LogP contribution in [-0.4, -0.2) is 37.8 Å². The SMILES string of the molecule is CCOc1cccc2c1cc(C(=O)NCCc1ccc(OC)c(OC)c1)n2CC. The van der Waals surface area contributed by atoms with Crippen molar-refractivity contribution in [2.75, 3.05) is 27.4 Å². The molecule has 0 aliphatic heterocycles. The van der Waals surface area contributed by atoms with Crippen LogP contribution in [0.3, 0.4) is 0 Å². The molecule has 1 amide bonds. The maximum Gasteiger partial charge on any atom is 0.267 e. The minimum absolute atomic E-state index is 0.0917. The molecule has 2 aromatic carbocycles. The van der Waals surface area contributed by atoms with Crippen molar-refractivity contribution in [3.8, 4) is 17.2 Å². The number of aromatic nitrogens is 1. The topological polar surface area (TPSA) is 61.7 Å². The molecule has 1 heterocycles. The van der Waals surface area contributed by atoms with Crippen LogP contribution < -0.4 is 19.5 Å². The Balaban J connectivity index is 1.74. The summed E-state index contributed by atoms with van der Waals surface area (Å²) in [5, 5.41) is 3.99. The van der Waals surface area contributed by atoms with E-state index in [2.05, 4.69) is 5.32 Å². The number of nitrogens with zero attached hydrogens (tertiary/aromatic N) is 1. The standard InChI is InChI=1S/C23H28N2O4/c1-5-25-18-8-7-9-20(29-6-2)17(18)15-19(25)23(26)24-13-12-16-10-11-21(27-3)22(14-16)28-4/h7-11,14-15H,5-6,12-13H2,1-4H3,(H,24,26). The number of methoxy groups -OCH3 is 2. The molecule has 0 fully saturated rings. The summed E-state index contributed by atoms with van der Waals surface area (Å²) in [6.07, 6.45) is 0.697. The summed E-state index contributed by atoms with van der Waals surface area (Å²) in [6, 6.07) is 13.6. The molecule has 0 radical (unpaired) electrons. The molecule has 154 valence electrons. The maximum atomic E-state index is 12.9. The van der Waals surface area contributed by atoms with E-state index in [1.54, 1.807) is 14.2 Å². The van der Waals surface area contributed by atoms with Gasteiger partial charge in [-0.05, 0) is 56.2 Å². The molecule has 6 nitrogen and oxygen atoms in total. The highest BCUT2D eigenvalue weighted by molar-refractivity contribution is 6.00. The highest BCUT2D eigenvalue weighted by Gasteiger charge is 2.17. The second kappa shape index (κ2) is 9.37. The van der Waals surface area contributed by atoms with Crippen LogP contribution in [0.15, 0.2) is 42.5 Å². The van der Waals surface area contributed by atoms with Crippen LogP contribution in [0.2, 0.25) is 0 Å². The van der Waals surface area contributed by atoms with Gasteiger partial charge in [0.1, 0.15) is 11.4 Å². The van der Waals surface area contributed by atoms with Gasteiger partial charge >= 0.3 is 0 Å². The molecule has 0 aliphatic carbocycles. The first kappa shape index (κ1) is 20.6. The lowest BCUT2D eigenvalue weighted by Gasteiger charge is -2.11. The summed E-state index contributed by atoms with van der Waals surface area (Å²) in [7, 11) is 3.23. The number of nitrogens with one attached hydrogen (secondary N) is 1. The van der Waals surface area contributed by atoms with E-state index in [9.17, 15) is 4.79 Å². The third kappa shape index (κ3) is 4.31. The van der Waals surface area contributed by atoms with Crippen LogP contribution in [0.1, 0.15) is 29.9 Å². The highest BCUT2D eigenvalue weighted by Crippen LogP contribution is 2.29. The molecule has 0 saturated heterocycles. The normalized spacial score (nSPS) is 10.8. The molecule has 0 aliphatic rings. The Labute approximate surface area is 171 Å². The van der Waals surface area contributed by atoms with Gasteiger partial charge in [-0.2, -0.15) is 0 Å². The fourth-order valence-corrected chi connectivity index (χ4v) is 3.51. The Morgan fingerprint density at radius 1 is 1.00 bits per heavy atom. The second-order valence-electron chi connectivity index (χ2n) is 6.59. The predicted molar refractivity (Wildman–Crippen MR) is 114 cm³/mol. The van der Waals surface area contributed by atoms with Crippen molar-refractivity contribution in [1.29, 1.82) is 0 Å². The molecule has 0 bridgehead atoms. The monoisotopic (exact) mass is 396 g/mol. The van der Waals surface area contributed by atoms with Crippen LogP contribution in [0, 0.1) is 0 Å². The van der Waals surface area contributed by atoms with Gasteiger partial charge in [-0.1, -0.05) is 12.1 Å². The fraction of sp³-hybridized carbons (Fsp3) is 0.348. The number of aryl methyl sites for hydroxylation is 1. The summed E-state index contributed by atoms with van der Waals surface area (Å²) in [4.78, 5) is 12.9. The lowest BCUT2D eigenvalue weighted by atomic mass is 10.1. The summed E-state index contributed by atoms with van der Waals surface area (Å²) < 4.78 is 18.3. The molecule has 1 N–H and O–H groups in total. The molecule has 0 unspecified atom stereocenters. The number of ether oxygens (including phenoxy) is 3. The van der Waals surface area contributed by atoms with Gasteiger partial charge in [-0.25, -0.2) is 0 Å². The van der Waals surface area contributed by atoms with Gasteiger partial charge in [-0.3, -0.25) is 4.79 Å². The Bertz CT molecular complexity index is 994. The van der Waals surface area contributed by atoms with Crippen molar-refractivity contribution >= 4 is 16.8 Å². The van der Waals surface area contributed by atoms with Gasteiger partial charge in [-0.15, -0.1) is 0 Å². The maximum absolute atomic E-state index is 12.9. The van der Waals surface area contributed by atoms with Gasteiger partial charge in [0.2, 0.25) is 0 Å². The van der Waals surface area contributed by atoms with E-state index in [0.717, 1.165) is 22.2 Å². The third-order valence-electron chi connectivity index (χ3n) is 4.90. The lowest BCUT2D eigenvalue weighted by Crippen LogP contribution is -2.27. The van der Waals surface area contributed by atoms with Crippen molar-refractivity contribution in [3.05, 3.63) is 53.7 Å². The molecule has 1 aromatic heterocycles. The second-order valence-corrected chi connectivity index (χ2v) is 6.59. The van der Waals surface area contributed by atoms with Gasteiger partial charge in [0.15, 0.2) is 11.5 Å². The summed E-state index contributed by atoms with van der Waals surface area (Å²) in [5.41, 5.74) is 2.71. The molecular weight excluding hydrogens is 368 g/mol. The molecule has 3 rings (SSSR count). The average molecular weight is 396 g/mol. The van der Waals surface area contributed by atoms with Crippen molar-refractivity contribution in [3.63, 3.8) is 0 Å². The van der Waals surface area contributed by atoms with E-state index < -0.39 is 0 Å². The largest absolute Gasteiger partial charge is 0.493 e. The first-order valence-electron chi connectivity index (χ1n) is 9.87. The smallest absolute Gasteiger partial charge is 0.267 e. The van der Waals surface area contributed by atoms with Crippen molar-refractivity contribution in [2.24, 2.45) is 0 Å². The van der Waals surface area contributed by atoms with Gasteiger partial charge < -0.3 is 24.1 Å². The number of hydrogen-bond donors (Lipinski definition) is 1. The van der Waals surface area contributed by atoms with E-state index in [-0.39, 0.29) is 5.91 Å². The fourth-order valence-electron chi connectivity index (χ4n) is 3.51. The molecule has 3 aromatic rings. The van der Waals surface area contributed by atoms with Crippen molar-refractivity contribution in [2.45, 2.75) is 26.8 Å². The van der Waals surface area contributed by atoms with E-state index in [4.69, 9.17) is 14.2 Å². The Morgan fingerprint density at radius 3 is 2.48 bits per heavy atom. The van der Waals surface area contributed by atoms with Crippen LogP contribution in [-0.2, 0) is 13.0 Å². The molecule has 0 spiro atoms. The highest BCUT2D eigenvalue weighted by atomic mass is 16.5. The van der Waals surface area contributed by atoms with Crippen molar-refractivity contribution in [1.82, 2.24) is 9.88 Å². The number of carbonyl (C=O) groups excluding carboxylic acids is 1. The Kier molecular flexibility index (Phi) is 6.65. The zero-order valence-corrected chi connectivity index (χ0v) is 17.5. The van der Waals surface area contributed by atoms with Crippen LogP contribution in [0.25, 0.3) is 10.9 Å². The van der Waals surface area contributed by atoms with Crippen LogP contribution in [0.5, 0.6) is 17.2 Å². The molecule has 0 saturated carbocycles. The Hall–Kier alpha value is -3.15. The molecule has 6 heteroatoms. The lowest BCUT2D eigenvalue weighted by molar-refractivity contribution is 0.0945. The van der Waals surface area contributed by atoms with Gasteiger partial charge in [0.05, 0.1) is 26.3 Å². The molecule has 0 atom stereocenters. The number of fused-ring (bicyclic) bond motifs is 1. The first-order valence-corrected chi connectivity index (χ1v) is 9.87. The average Bonchev–Trinajstić information content (AvgIpc) is 3.13. The number of benzene rings is 2. The van der Waals surface area contributed by atoms with Gasteiger partial charge in [0, 0.05) is 18.5 Å². The summed E-state index contributed by atoms with van der Waals surface area (Å²) in [5.74, 6) is 2.09. The number of amides is 1. The van der Waals surface area contributed by atoms with E-state index in [1.807, 2.05) is 60.9 Å². The number of carbonyl (C=O) groups is 1. The van der Waals surface area contributed by atoms with E-state index in [0.29, 0.717) is 43.3 Å². The minimum atomic E-state index is -0.0917. The summed E-state index contributed by atoms with van der Waals surface area (Å²) in [6.45, 7) is 5.81. The zero-order chi connectivity index (χ0) is 20.8. The molecule has 29 heavy (non-hydrogen) atoms. The minimum Gasteiger partial charge on any atom is -0.493 e. The van der Waals surface area contributed by atoms with Crippen molar-refractivity contribution < 1.29 is 19.0 Å². The molecular formula is C23H28N2O4. The zero-order valence-electron chi connectivity index (χ0n) is 17.5. The number of rotatable bonds is 9.